The smallest absolute Gasteiger partial charge is 0.225 e. The van der Waals surface area contributed by atoms with Crippen LogP contribution in [0.25, 0.3) is 0 Å². The van der Waals surface area contributed by atoms with E-state index in [1.165, 1.54) is 12.7 Å². The highest BCUT2D eigenvalue weighted by Crippen LogP contribution is 2.17. The number of rotatable bonds is 5. The Morgan fingerprint density at radius 1 is 1.14 bits per heavy atom. The van der Waals surface area contributed by atoms with Crippen molar-refractivity contribution in [3.05, 3.63) is 48.0 Å². The minimum absolute atomic E-state index is 0.246. The molecule has 1 saturated heterocycles. The first-order chi connectivity index (χ1) is 10.3. The number of likely N-dealkylation sites (tertiary alicyclic amines) is 1. The summed E-state index contributed by atoms with van der Waals surface area (Å²) in [6.07, 6.45) is 4.56. The van der Waals surface area contributed by atoms with Gasteiger partial charge in [0, 0.05) is 26.1 Å². The third kappa shape index (κ3) is 3.34. The first-order valence-corrected chi connectivity index (χ1v) is 7.03. The average Bonchev–Trinajstić information content (AvgIpc) is 2.93. The molecule has 21 heavy (non-hydrogen) atoms. The third-order valence-electron chi connectivity index (χ3n) is 3.58. The van der Waals surface area contributed by atoms with Crippen LogP contribution in [0.3, 0.4) is 0 Å². The predicted octanol–water partition coefficient (Wildman–Crippen LogP) is 1.61. The van der Waals surface area contributed by atoms with Gasteiger partial charge in [-0.3, -0.25) is 4.79 Å². The first kappa shape index (κ1) is 13.5. The Kier molecular flexibility index (Phi) is 4.04. The van der Waals surface area contributed by atoms with E-state index < -0.39 is 0 Å². The van der Waals surface area contributed by atoms with Gasteiger partial charge in [0.15, 0.2) is 0 Å². The van der Waals surface area contributed by atoms with Gasteiger partial charge >= 0.3 is 0 Å². The molecule has 1 fully saturated rings. The molecule has 0 radical (unpaired) electrons. The van der Waals surface area contributed by atoms with Crippen molar-refractivity contribution in [2.24, 2.45) is 0 Å². The normalized spacial score (nSPS) is 14.5. The SMILES string of the molecule is O=C1CCCN1Cc1ccccc1CNc1ncncn1. The van der Waals surface area contributed by atoms with E-state index in [0.29, 0.717) is 25.5 Å². The number of aromatic nitrogens is 3. The molecule has 1 aliphatic rings. The second-order valence-electron chi connectivity index (χ2n) is 5.00. The van der Waals surface area contributed by atoms with Gasteiger partial charge in [0.25, 0.3) is 0 Å². The largest absolute Gasteiger partial charge is 0.350 e. The summed E-state index contributed by atoms with van der Waals surface area (Å²) in [4.78, 5) is 25.5. The van der Waals surface area contributed by atoms with E-state index in [0.717, 1.165) is 24.1 Å². The van der Waals surface area contributed by atoms with E-state index in [2.05, 4.69) is 32.4 Å². The lowest BCUT2D eigenvalue weighted by atomic mass is 10.1. The number of amides is 1. The predicted molar refractivity (Wildman–Crippen MR) is 78.2 cm³/mol. The molecular weight excluding hydrogens is 266 g/mol. The van der Waals surface area contributed by atoms with Gasteiger partial charge < -0.3 is 10.2 Å². The molecule has 2 aromatic rings. The maximum atomic E-state index is 11.8. The number of nitrogens with one attached hydrogen (secondary N) is 1. The summed E-state index contributed by atoms with van der Waals surface area (Å²) in [7, 11) is 0. The number of anilines is 1. The fourth-order valence-electron chi connectivity index (χ4n) is 2.47. The van der Waals surface area contributed by atoms with Crippen molar-refractivity contribution < 1.29 is 4.79 Å². The molecule has 0 spiro atoms. The number of carbonyl (C=O) groups excluding carboxylic acids is 1. The topological polar surface area (TPSA) is 71.0 Å². The molecule has 3 rings (SSSR count). The van der Waals surface area contributed by atoms with Crippen LogP contribution < -0.4 is 5.32 Å². The molecule has 1 aliphatic heterocycles. The van der Waals surface area contributed by atoms with Crippen molar-refractivity contribution in [3.8, 4) is 0 Å². The first-order valence-electron chi connectivity index (χ1n) is 7.03. The number of hydrogen-bond donors (Lipinski definition) is 1. The molecule has 0 bridgehead atoms. The zero-order valence-corrected chi connectivity index (χ0v) is 11.7. The van der Waals surface area contributed by atoms with Gasteiger partial charge in [-0.2, -0.15) is 0 Å². The molecule has 1 aromatic heterocycles. The van der Waals surface area contributed by atoms with Crippen LogP contribution in [0.1, 0.15) is 24.0 Å². The fourth-order valence-corrected chi connectivity index (χ4v) is 2.47. The fraction of sp³-hybridized carbons (Fsp3) is 0.333. The summed E-state index contributed by atoms with van der Waals surface area (Å²) in [5.41, 5.74) is 2.31. The number of hydrogen-bond acceptors (Lipinski definition) is 5. The maximum Gasteiger partial charge on any atom is 0.225 e. The Bertz CT molecular complexity index is 616. The Balaban J connectivity index is 1.69. The van der Waals surface area contributed by atoms with Crippen LogP contribution >= 0.6 is 0 Å². The average molecular weight is 283 g/mol. The molecule has 0 saturated carbocycles. The van der Waals surface area contributed by atoms with E-state index in [-0.39, 0.29) is 5.91 Å². The Hall–Kier alpha value is -2.50. The summed E-state index contributed by atoms with van der Waals surface area (Å²) in [6, 6.07) is 8.13. The van der Waals surface area contributed by atoms with Crippen LogP contribution in [-0.2, 0) is 17.9 Å². The van der Waals surface area contributed by atoms with Crippen molar-refractivity contribution in [2.45, 2.75) is 25.9 Å². The molecule has 0 unspecified atom stereocenters. The second-order valence-corrected chi connectivity index (χ2v) is 5.00. The highest BCUT2D eigenvalue weighted by atomic mass is 16.2. The number of nitrogens with zero attached hydrogens (tertiary/aromatic N) is 4. The van der Waals surface area contributed by atoms with Gasteiger partial charge in [0.1, 0.15) is 12.7 Å². The number of carbonyl (C=O) groups is 1. The zero-order chi connectivity index (χ0) is 14.5. The van der Waals surface area contributed by atoms with Crippen molar-refractivity contribution in [3.63, 3.8) is 0 Å². The summed E-state index contributed by atoms with van der Waals surface area (Å²) >= 11 is 0. The standard InChI is InChI=1S/C15H17N5O/c21-14-6-3-7-20(14)9-13-5-2-1-4-12(13)8-17-15-18-10-16-11-19-15/h1-2,4-5,10-11H,3,6-9H2,(H,16,17,18,19). The Morgan fingerprint density at radius 2 is 1.90 bits per heavy atom. The Morgan fingerprint density at radius 3 is 2.62 bits per heavy atom. The molecule has 2 heterocycles. The minimum atomic E-state index is 0.246. The minimum Gasteiger partial charge on any atom is -0.350 e. The van der Waals surface area contributed by atoms with E-state index >= 15 is 0 Å². The quantitative estimate of drug-likeness (QED) is 0.902. The molecule has 0 aliphatic carbocycles. The van der Waals surface area contributed by atoms with E-state index in [1.54, 1.807) is 0 Å². The van der Waals surface area contributed by atoms with Gasteiger partial charge in [-0.05, 0) is 17.5 Å². The maximum absolute atomic E-state index is 11.8. The third-order valence-corrected chi connectivity index (χ3v) is 3.58. The highest BCUT2D eigenvalue weighted by molar-refractivity contribution is 5.78. The highest BCUT2D eigenvalue weighted by Gasteiger charge is 2.20. The van der Waals surface area contributed by atoms with Gasteiger partial charge in [0.2, 0.25) is 11.9 Å². The van der Waals surface area contributed by atoms with E-state index in [1.807, 2.05) is 17.0 Å². The molecule has 1 aromatic carbocycles. The lowest BCUT2D eigenvalue weighted by Gasteiger charge is -2.18. The number of benzene rings is 1. The lowest BCUT2D eigenvalue weighted by molar-refractivity contribution is -0.128. The van der Waals surface area contributed by atoms with Gasteiger partial charge in [-0.1, -0.05) is 24.3 Å². The molecule has 1 amide bonds. The van der Waals surface area contributed by atoms with Crippen LogP contribution in [-0.4, -0.2) is 32.3 Å². The van der Waals surface area contributed by atoms with Crippen molar-refractivity contribution in [2.75, 3.05) is 11.9 Å². The molecule has 0 atom stereocenters. The summed E-state index contributed by atoms with van der Waals surface area (Å²) < 4.78 is 0. The van der Waals surface area contributed by atoms with Gasteiger partial charge in [-0.25, -0.2) is 15.0 Å². The summed E-state index contributed by atoms with van der Waals surface area (Å²) in [5.74, 6) is 0.798. The molecule has 6 nitrogen and oxygen atoms in total. The molecule has 1 N–H and O–H groups in total. The van der Waals surface area contributed by atoms with Crippen LogP contribution in [0.5, 0.6) is 0 Å². The Labute approximate surface area is 123 Å². The van der Waals surface area contributed by atoms with Crippen LogP contribution in [0.4, 0.5) is 5.95 Å². The van der Waals surface area contributed by atoms with Crippen molar-refractivity contribution >= 4 is 11.9 Å². The van der Waals surface area contributed by atoms with Crippen LogP contribution in [0.15, 0.2) is 36.9 Å². The van der Waals surface area contributed by atoms with Crippen molar-refractivity contribution in [1.82, 2.24) is 19.9 Å². The summed E-state index contributed by atoms with van der Waals surface area (Å²) in [6.45, 7) is 2.16. The molecule has 108 valence electrons. The van der Waals surface area contributed by atoms with Crippen LogP contribution in [0, 0.1) is 0 Å². The van der Waals surface area contributed by atoms with Gasteiger partial charge in [-0.15, -0.1) is 0 Å². The van der Waals surface area contributed by atoms with Crippen LogP contribution in [0.2, 0.25) is 0 Å². The monoisotopic (exact) mass is 283 g/mol. The van der Waals surface area contributed by atoms with Gasteiger partial charge in [0.05, 0.1) is 0 Å². The summed E-state index contributed by atoms with van der Waals surface area (Å²) in [5, 5.41) is 3.17. The van der Waals surface area contributed by atoms with E-state index in [4.69, 9.17) is 0 Å². The molecular formula is C15H17N5O. The second kappa shape index (κ2) is 6.30. The lowest BCUT2D eigenvalue weighted by Crippen LogP contribution is -2.24. The molecule has 6 heteroatoms. The van der Waals surface area contributed by atoms with E-state index in [9.17, 15) is 4.79 Å². The zero-order valence-electron chi connectivity index (χ0n) is 11.7. The van der Waals surface area contributed by atoms with Crippen molar-refractivity contribution in [1.29, 1.82) is 0 Å².